The second-order valence-corrected chi connectivity index (χ2v) is 5.13. The third kappa shape index (κ3) is 3.57. The predicted octanol–water partition coefficient (Wildman–Crippen LogP) is 3.13. The number of carbonyl (C=O) groups is 1. The first-order chi connectivity index (χ1) is 9.93. The molecule has 8 heteroatoms. The largest absolute Gasteiger partial charge is 0.415 e. The molecule has 0 aromatic carbocycles. The van der Waals surface area contributed by atoms with Crippen molar-refractivity contribution in [1.82, 2.24) is 15.3 Å². The summed E-state index contributed by atoms with van der Waals surface area (Å²) >= 11 is 0.847. The van der Waals surface area contributed by atoms with E-state index in [4.69, 9.17) is 0 Å². The summed E-state index contributed by atoms with van der Waals surface area (Å²) in [7, 11) is 0. The van der Waals surface area contributed by atoms with Crippen molar-refractivity contribution in [2.75, 3.05) is 0 Å². The summed E-state index contributed by atoms with van der Waals surface area (Å²) in [5.41, 5.74) is 0.786. The van der Waals surface area contributed by atoms with E-state index in [-0.39, 0.29) is 10.6 Å². The van der Waals surface area contributed by atoms with Gasteiger partial charge in [0.25, 0.3) is 5.91 Å². The van der Waals surface area contributed by atoms with Crippen LogP contribution in [0, 0.1) is 0 Å². The van der Waals surface area contributed by atoms with E-state index in [9.17, 15) is 18.0 Å². The molecule has 1 amide bonds. The van der Waals surface area contributed by atoms with Crippen LogP contribution in [0.3, 0.4) is 0 Å². The van der Waals surface area contributed by atoms with Crippen molar-refractivity contribution in [3.8, 4) is 0 Å². The van der Waals surface area contributed by atoms with Gasteiger partial charge in [0.15, 0.2) is 6.04 Å². The van der Waals surface area contributed by atoms with Crippen molar-refractivity contribution in [2.45, 2.75) is 25.6 Å². The zero-order chi connectivity index (χ0) is 15.5. The Hall–Kier alpha value is -1.96. The average Bonchev–Trinajstić information content (AvgIpc) is 2.96. The minimum atomic E-state index is -4.60. The minimum Gasteiger partial charge on any atom is -0.335 e. The highest BCUT2D eigenvalue weighted by Crippen LogP contribution is 2.33. The zero-order valence-electron chi connectivity index (χ0n) is 11.0. The summed E-state index contributed by atoms with van der Waals surface area (Å²) < 4.78 is 39.2. The van der Waals surface area contributed by atoms with Crippen molar-refractivity contribution in [3.63, 3.8) is 0 Å². The zero-order valence-corrected chi connectivity index (χ0v) is 11.8. The molecule has 1 atom stereocenters. The van der Waals surface area contributed by atoms with Gasteiger partial charge < -0.3 is 5.32 Å². The van der Waals surface area contributed by atoms with E-state index in [1.165, 1.54) is 30.0 Å². The molecular formula is C13H12F3N3OS. The summed E-state index contributed by atoms with van der Waals surface area (Å²) in [4.78, 5) is 19.6. The van der Waals surface area contributed by atoms with Gasteiger partial charge in [-0.25, -0.2) is 4.98 Å². The standard InChI is InChI=1S/C13H12F3N3OS/c1-2-8-7-17-4-3-9(8)11(20)19-10(13(14,15)16)12-18-5-6-21-12/h3-7,10H,2H2,1H3,(H,19,20). The number of pyridine rings is 1. The SMILES string of the molecule is CCc1cnccc1C(=O)NC(c1nccs1)C(F)(F)F. The number of rotatable bonds is 4. The summed E-state index contributed by atoms with van der Waals surface area (Å²) in [6.45, 7) is 1.80. The number of amides is 1. The van der Waals surface area contributed by atoms with Gasteiger partial charge in [-0.3, -0.25) is 9.78 Å². The Balaban J connectivity index is 2.27. The maximum absolute atomic E-state index is 13.1. The molecule has 1 N–H and O–H groups in total. The lowest BCUT2D eigenvalue weighted by Gasteiger charge is -2.20. The predicted molar refractivity (Wildman–Crippen MR) is 72.0 cm³/mol. The van der Waals surface area contributed by atoms with E-state index in [1.54, 1.807) is 6.92 Å². The van der Waals surface area contributed by atoms with Crippen LogP contribution in [0.1, 0.15) is 33.9 Å². The lowest BCUT2D eigenvalue weighted by atomic mass is 10.1. The Morgan fingerprint density at radius 3 is 2.76 bits per heavy atom. The molecular weight excluding hydrogens is 303 g/mol. The molecule has 0 aliphatic rings. The molecule has 21 heavy (non-hydrogen) atoms. The topological polar surface area (TPSA) is 54.9 Å². The van der Waals surface area contributed by atoms with Gasteiger partial charge in [0, 0.05) is 29.5 Å². The van der Waals surface area contributed by atoms with E-state index >= 15 is 0 Å². The molecule has 0 aliphatic heterocycles. The first-order valence-corrected chi connectivity index (χ1v) is 7.01. The second kappa shape index (κ2) is 6.21. The van der Waals surface area contributed by atoms with Gasteiger partial charge in [0.05, 0.1) is 0 Å². The number of aryl methyl sites for hydroxylation is 1. The molecule has 4 nitrogen and oxygen atoms in total. The van der Waals surface area contributed by atoms with Crippen LogP contribution in [-0.2, 0) is 6.42 Å². The second-order valence-electron chi connectivity index (χ2n) is 4.20. The van der Waals surface area contributed by atoms with E-state index in [2.05, 4.69) is 9.97 Å². The fourth-order valence-corrected chi connectivity index (χ4v) is 2.51. The van der Waals surface area contributed by atoms with Crippen LogP contribution in [-0.4, -0.2) is 22.1 Å². The number of nitrogens with zero attached hydrogens (tertiary/aromatic N) is 2. The van der Waals surface area contributed by atoms with Crippen molar-refractivity contribution in [3.05, 3.63) is 46.2 Å². The summed E-state index contributed by atoms with van der Waals surface area (Å²) in [5.74, 6) is -0.785. The number of halogens is 3. The Labute approximate surface area is 123 Å². The molecule has 0 fully saturated rings. The molecule has 2 aromatic rings. The van der Waals surface area contributed by atoms with E-state index < -0.39 is 18.1 Å². The number of carbonyl (C=O) groups excluding carboxylic acids is 1. The summed E-state index contributed by atoms with van der Waals surface area (Å²) in [6.07, 6.45) is 0.0211. The summed E-state index contributed by atoms with van der Waals surface area (Å²) in [6, 6.07) is -0.702. The van der Waals surface area contributed by atoms with Crippen molar-refractivity contribution in [2.24, 2.45) is 0 Å². The molecule has 0 saturated carbocycles. The lowest BCUT2D eigenvalue weighted by molar-refractivity contribution is -0.155. The fourth-order valence-electron chi connectivity index (χ4n) is 1.80. The van der Waals surface area contributed by atoms with Crippen molar-refractivity contribution < 1.29 is 18.0 Å². The lowest BCUT2D eigenvalue weighted by Crippen LogP contribution is -2.38. The number of hydrogen-bond acceptors (Lipinski definition) is 4. The highest BCUT2D eigenvalue weighted by molar-refractivity contribution is 7.09. The molecule has 0 aliphatic carbocycles. The van der Waals surface area contributed by atoms with Gasteiger partial charge in [-0.2, -0.15) is 13.2 Å². The molecule has 0 bridgehead atoms. The van der Waals surface area contributed by atoms with Crippen LogP contribution in [0.25, 0.3) is 0 Å². The van der Waals surface area contributed by atoms with Gasteiger partial charge in [0.1, 0.15) is 5.01 Å². The number of aromatic nitrogens is 2. The fraction of sp³-hybridized carbons (Fsp3) is 0.308. The molecule has 0 saturated heterocycles. The quantitative estimate of drug-likeness (QED) is 0.943. The maximum atomic E-state index is 13.1. The van der Waals surface area contributed by atoms with Crippen LogP contribution < -0.4 is 5.32 Å². The average molecular weight is 315 g/mol. The first kappa shape index (κ1) is 15.4. The van der Waals surface area contributed by atoms with Crippen LogP contribution >= 0.6 is 11.3 Å². The smallest absolute Gasteiger partial charge is 0.335 e. The molecule has 112 valence electrons. The van der Waals surface area contributed by atoms with Gasteiger partial charge in [0.2, 0.25) is 0 Å². The van der Waals surface area contributed by atoms with Crippen molar-refractivity contribution >= 4 is 17.2 Å². The third-order valence-corrected chi connectivity index (χ3v) is 3.67. The van der Waals surface area contributed by atoms with Gasteiger partial charge in [-0.05, 0) is 18.1 Å². The normalized spacial score (nSPS) is 13.0. The highest BCUT2D eigenvalue weighted by Gasteiger charge is 2.43. The molecule has 2 heterocycles. The number of nitrogens with one attached hydrogen (secondary N) is 1. The maximum Gasteiger partial charge on any atom is 0.415 e. The van der Waals surface area contributed by atoms with E-state index in [1.807, 2.05) is 5.32 Å². The Kier molecular flexibility index (Phi) is 4.56. The Morgan fingerprint density at radius 1 is 1.43 bits per heavy atom. The monoisotopic (exact) mass is 315 g/mol. The highest BCUT2D eigenvalue weighted by atomic mass is 32.1. The van der Waals surface area contributed by atoms with Crippen LogP contribution in [0.15, 0.2) is 30.0 Å². The molecule has 0 radical (unpaired) electrons. The van der Waals surface area contributed by atoms with Gasteiger partial charge >= 0.3 is 6.18 Å². The molecule has 0 spiro atoms. The molecule has 2 aromatic heterocycles. The minimum absolute atomic E-state index is 0.192. The number of thiazole rings is 1. The van der Waals surface area contributed by atoms with Crippen LogP contribution in [0.2, 0.25) is 0 Å². The van der Waals surface area contributed by atoms with Crippen LogP contribution in [0.4, 0.5) is 13.2 Å². The third-order valence-electron chi connectivity index (χ3n) is 2.83. The number of hydrogen-bond donors (Lipinski definition) is 1. The van der Waals surface area contributed by atoms with Gasteiger partial charge in [-0.1, -0.05) is 6.92 Å². The van der Waals surface area contributed by atoms with Gasteiger partial charge in [-0.15, -0.1) is 11.3 Å². The number of alkyl halides is 3. The van der Waals surface area contributed by atoms with E-state index in [0.717, 1.165) is 11.3 Å². The van der Waals surface area contributed by atoms with Crippen molar-refractivity contribution in [1.29, 1.82) is 0 Å². The summed E-state index contributed by atoms with van der Waals surface area (Å²) in [5, 5.41) is 3.25. The Bertz CT molecular complexity index is 613. The first-order valence-electron chi connectivity index (χ1n) is 6.13. The van der Waals surface area contributed by atoms with Crippen LogP contribution in [0.5, 0.6) is 0 Å². The van der Waals surface area contributed by atoms with E-state index in [0.29, 0.717) is 12.0 Å². The Morgan fingerprint density at radius 2 is 2.19 bits per heavy atom. The molecule has 1 unspecified atom stereocenters. The molecule has 2 rings (SSSR count).